The number of rotatable bonds is 6. The van der Waals surface area contributed by atoms with E-state index >= 15 is 0 Å². The predicted molar refractivity (Wildman–Crippen MR) is 103 cm³/mol. The molecule has 0 aromatic heterocycles. The molecule has 1 saturated carbocycles. The van der Waals surface area contributed by atoms with Crippen molar-refractivity contribution in [3.8, 4) is 5.75 Å². The number of hydrogen-bond acceptors (Lipinski definition) is 2. The monoisotopic (exact) mass is 417 g/mol. The zero-order chi connectivity index (χ0) is 14.9. The predicted octanol–water partition coefficient (Wildman–Crippen LogP) is 3.44. The quantitative estimate of drug-likeness (QED) is 0.288. The fourth-order valence-corrected chi connectivity index (χ4v) is 2.72. The molecule has 0 spiro atoms. The third kappa shape index (κ3) is 6.85. The molecule has 1 aromatic rings. The Hall–Kier alpha value is -0.980. The number of nitrogens with zero attached hydrogens (tertiary/aromatic N) is 1. The molecule has 0 atom stereocenters. The molecule has 0 heterocycles. The lowest BCUT2D eigenvalue weighted by molar-refractivity contribution is 0.475. The first-order valence-electron chi connectivity index (χ1n) is 8.10. The Kier molecular flexibility index (Phi) is 9.27. The third-order valence-electron chi connectivity index (χ3n) is 3.87. The molecule has 22 heavy (non-hydrogen) atoms. The maximum absolute atomic E-state index is 9.26. The van der Waals surface area contributed by atoms with Crippen molar-refractivity contribution in [1.82, 2.24) is 10.6 Å². The van der Waals surface area contributed by atoms with Gasteiger partial charge in [0.15, 0.2) is 5.96 Å². The van der Waals surface area contributed by atoms with E-state index in [1.807, 2.05) is 12.1 Å². The summed E-state index contributed by atoms with van der Waals surface area (Å²) >= 11 is 0. The molecule has 3 N–H and O–H groups in total. The first-order chi connectivity index (χ1) is 10.3. The van der Waals surface area contributed by atoms with Crippen molar-refractivity contribution in [1.29, 1.82) is 0 Å². The summed E-state index contributed by atoms with van der Waals surface area (Å²) < 4.78 is 0. The van der Waals surface area contributed by atoms with Crippen molar-refractivity contribution in [2.24, 2.45) is 4.99 Å². The van der Waals surface area contributed by atoms with Gasteiger partial charge in [0.1, 0.15) is 5.75 Å². The van der Waals surface area contributed by atoms with Crippen LogP contribution in [0.2, 0.25) is 0 Å². The minimum Gasteiger partial charge on any atom is -0.508 e. The highest BCUT2D eigenvalue weighted by molar-refractivity contribution is 14.0. The summed E-state index contributed by atoms with van der Waals surface area (Å²) in [5.74, 6) is 1.28. The Balaban J connectivity index is 0.00000242. The molecule has 5 heteroatoms. The van der Waals surface area contributed by atoms with Gasteiger partial charge in [-0.3, -0.25) is 4.99 Å². The molecule has 1 aromatic carbocycles. The van der Waals surface area contributed by atoms with Crippen LogP contribution >= 0.6 is 24.0 Å². The van der Waals surface area contributed by atoms with E-state index in [1.165, 1.54) is 31.2 Å². The third-order valence-corrected chi connectivity index (χ3v) is 3.87. The molecule has 1 aliphatic carbocycles. The topological polar surface area (TPSA) is 56.7 Å². The van der Waals surface area contributed by atoms with Crippen molar-refractivity contribution in [2.45, 2.75) is 51.5 Å². The Bertz CT molecular complexity index is 442. The van der Waals surface area contributed by atoms with Crippen LogP contribution in [0.1, 0.15) is 44.6 Å². The average Bonchev–Trinajstić information content (AvgIpc) is 2.98. The van der Waals surface area contributed by atoms with Crippen LogP contribution in [0.15, 0.2) is 29.3 Å². The second-order valence-electron chi connectivity index (χ2n) is 5.66. The van der Waals surface area contributed by atoms with Gasteiger partial charge >= 0.3 is 0 Å². The van der Waals surface area contributed by atoms with Crippen LogP contribution in [0.3, 0.4) is 0 Å². The number of aromatic hydroxyl groups is 1. The number of phenols is 1. The van der Waals surface area contributed by atoms with E-state index in [0.29, 0.717) is 11.8 Å². The number of benzene rings is 1. The maximum Gasteiger partial charge on any atom is 0.191 e. The second-order valence-corrected chi connectivity index (χ2v) is 5.66. The van der Waals surface area contributed by atoms with Crippen molar-refractivity contribution >= 4 is 29.9 Å². The SMILES string of the molecule is CCNC(=NCCCc1ccc(O)cc1)NC1CCCC1.I. The minimum atomic E-state index is 0. The number of nitrogens with one attached hydrogen (secondary N) is 2. The van der Waals surface area contributed by atoms with Crippen LogP contribution in [0, 0.1) is 0 Å². The van der Waals surface area contributed by atoms with E-state index < -0.39 is 0 Å². The molecule has 1 aliphatic rings. The number of guanidine groups is 1. The van der Waals surface area contributed by atoms with E-state index in [2.05, 4.69) is 22.5 Å². The summed E-state index contributed by atoms with van der Waals surface area (Å²) in [5, 5.41) is 16.1. The van der Waals surface area contributed by atoms with Gasteiger partial charge < -0.3 is 15.7 Å². The summed E-state index contributed by atoms with van der Waals surface area (Å²) in [5.41, 5.74) is 1.25. The minimum absolute atomic E-state index is 0. The van der Waals surface area contributed by atoms with E-state index in [9.17, 15) is 5.11 Å². The van der Waals surface area contributed by atoms with Gasteiger partial charge in [-0.05, 0) is 50.3 Å². The molecular weight excluding hydrogens is 389 g/mol. The number of phenolic OH excluding ortho intramolecular Hbond substituents is 1. The van der Waals surface area contributed by atoms with Gasteiger partial charge in [-0.2, -0.15) is 0 Å². The Morgan fingerprint density at radius 2 is 1.91 bits per heavy atom. The molecular formula is C17H28IN3O. The highest BCUT2D eigenvalue weighted by Gasteiger charge is 2.15. The van der Waals surface area contributed by atoms with Crippen molar-refractivity contribution in [3.63, 3.8) is 0 Å². The first-order valence-corrected chi connectivity index (χ1v) is 8.10. The normalized spacial score (nSPS) is 15.4. The van der Waals surface area contributed by atoms with Crippen LogP contribution in [0.25, 0.3) is 0 Å². The van der Waals surface area contributed by atoms with E-state index in [0.717, 1.165) is 31.9 Å². The molecule has 4 nitrogen and oxygen atoms in total. The molecule has 124 valence electrons. The van der Waals surface area contributed by atoms with Gasteiger partial charge in [0.2, 0.25) is 0 Å². The Morgan fingerprint density at radius 1 is 1.23 bits per heavy atom. The summed E-state index contributed by atoms with van der Waals surface area (Å²) in [6, 6.07) is 8.02. The summed E-state index contributed by atoms with van der Waals surface area (Å²) in [6.07, 6.45) is 7.20. The fraction of sp³-hybridized carbons (Fsp3) is 0.588. The second kappa shape index (κ2) is 10.7. The molecule has 0 radical (unpaired) electrons. The molecule has 0 saturated heterocycles. The van der Waals surface area contributed by atoms with Gasteiger partial charge in [-0.25, -0.2) is 0 Å². The van der Waals surface area contributed by atoms with Crippen LogP contribution in [0.4, 0.5) is 0 Å². The maximum atomic E-state index is 9.26. The number of hydrogen-bond donors (Lipinski definition) is 3. The van der Waals surface area contributed by atoms with Crippen LogP contribution < -0.4 is 10.6 Å². The lowest BCUT2D eigenvalue weighted by Gasteiger charge is -2.16. The molecule has 0 amide bonds. The molecule has 0 aliphatic heterocycles. The summed E-state index contributed by atoms with van der Waals surface area (Å²) in [7, 11) is 0. The number of halogens is 1. The zero-order valence-electron chi connectivity index (χ0n) is 13.3. The van der Waals surface area contributed by atoms with E-state index in [1.54, 1.807) is 12.1 Å². The molecule has 0 unspecified atom stereocenters. The smallest absolute Gasteiger partial charge is 0.191 e. The van der Waals surface area contributed by atoms with E-state index in [4.69, 9.17) is 0 Å². The molecule has 1 fully saturated rings. The van der Waals surface area contributed by atoms with Crippen molar-refractivity contribution in [3.05, 3.63) is 29.8 Å². The Morgan fingerprint density at radius 3 is 2.55 bits per heavy atom. The highest BCUT2D eigenvalue weighted by Crippen LogP contribution is 2.17. The Labute approximate surface area is 150 Å². The van der Waals surface area contributed by atoms with Crippen LogP contribution in [0.5, 0.6) is 5.75 Å². The standard InChI is InChI=1S/C17H27N3O.HI/c1-2-18-17(20-15-7-3-4-8-15)19-13-5-6-14-9-11-16(21)12-10-14;/h9-12,15,21H,2-8,13H2,1H3,(H2,18,19,20);1H. The van der Waals surface area contributed by atoms with Crippen molar-refractivity contribution in [2.75, 3.05) is 13.1 Å². The number of aryl methyl sites for hydroxylation is 1. The van der Waals surface area contributed by atoms with Crippen molar-refractivity contribution < 1.29 is 5.11 Å². The molecule has 2 rings (SSSR count). The first kappa shape index (κ1) is 19.1. The summed E-state index contributed by atoms with van der Waals surface area (Å²) in [6.45, 7) is 3.82. The van der Waals surface area contributed by atoms with Gasteiger partial charge in [0.05, 0.1) is 0 Å². The zero-order valence-corrected chi connectivity index (χ0v) is 15.7. The highest BCUT2D eigenvalue weighted by atomic mass is 127. The van der Waals surface area contributed by atoms with Gasteiger partial charge in [0.25, 0.3) is 0 Å². The van der Waals surface area contributed by atoms with Gasteiger partial charge in [-0.1, -0.05) is 25.0 Å². The lowest BCUT2D eigenvalue weighted by atomic mass is 10.1. The average molecular weight is 417 g/mol. The summed E-state index contributed by atoms with van der Waals surface area (Å²) in [4.78, 5) is 4.65. The van der Waals surface area contributed by atoms with Gasteiger partial charge in [0, 0.05) is 19.1 Å². The van der Waals surface area contributed by atoms with E-state index in [-0.39, 0.29) is 24.0 Å². The van der Waals surface area contributed by atoms with Gasteiger partial charge in [-0.15, -0.1) is 24.0 Å². The molecule has 0 bridgehead atoms. The number of aliphatic imine (C=N–C) groups is 1. The largest absolute Gasteiger partial charge is 0.508 e. The lowest BCUT2D eigenvalue weighted by Crippen LogP contribution is -2.42. The fourth-order valence-electron chi connectivity index (χ4n) is 2.72. The van der Waals surface area contributed by atoms with Crippen LogP contribution in [-0.4, -0.2) is 30.2 Å². The van der Waals surface area contributed by atoms with Crippen LogP contribution in [-0.2, 0) is 6.42 Å².